The lowest BCUT2D eigenvalue weighted by atomic mass is 10.1. The Hall–Kier alpha value is -3.36. The van der Waals surface area contributed by atoms with E-state index in [1.807, 2.05) is 18.2 Å². The summed E-state index contributed by atoms with van der Waals surface area (Å²) >= 11 is 0. The van der Waals surface area contributed by atoms with Crippen LogP contribution in [0.25, 0.3) is 0 Å². The fourth-order valence-corrected chi connectivity index (χ4v) is 2.54. The van der Waals surface area contributed by atoms with E-state index in [0.717, 1.165) is 10.2 Å². The van der Waals surface area contributed by atoms with E-state index in [1.54, 1.807) is 20.1 Å². The number of amides is 1. The number of para-hydroxylation sites is 1. The standard InChI is InChI=1S/C18H21N3O6/c1-11(12-7-5-6-8-15(12)25-2)19-16(22)10-21-14(18(24)27-4)9-13(20-21)17(23)26-3/h5-9,11H,10H2,1-4H3,(H,19,22)/t11-/m1/s1. The number of methoxy groups -OCH3 is 3. The molecule has 0 saturated heterocycles. The number of hydrogen-bond donors (Lipinski definition) is 1. The molecule has 0 aliphatic carbocycles. The molecule has 0 fully saturated rings. The lowest BCUT2D eigenvalue weighted by Crippen LogP contribution is -2.31. The number of rotatable bonds is 7. The van der Waals surface area contributed by atoms with Crippen LogP contribution in [0.1, 0.15) is 39.5 Å². The van der Waals surface area contributed by atoms with Crippen LogP contribution in [0, 0.1) is 0 Å². The molecule has 1 N–H and O–H groups in total. The zero-order valence-corrected chi connectivity index (χ0v) is 15.5. The van der Waals surface area contributed by atoms with Crippen LogP contribution in [0.2, 0.25) is 0 Å². The van der Waals surface area contributed by atoms with Crippen molar-refractivity contribution in [2.45, 2.75) is 19.5 Å². The number of nitrogens with zero attached hydrogens (tertiary/aromatic N) is 2. The molecule has 9 heteroatoms. The van der Waals surface area contributed by atoms with E-state index in [-0.39, 0.29) is 24.0 Å². The van der Waals surface area contributed by atoms with E-state index in [2.05, 4.69) is 19.9 Å². The molecule has 0 saturated carbocycles. The van der Waals surface area contributed by atoms with Crippen LogP contribution in [-0.4, -0.2) is 49.0 Å². The van der Waals surface area contributed by atoms with Gasteiger partial charge in [0.15, 0.2) is 5.69 Å². The maximum absolute atomic E-state index is 12.4. The highest BCUT2D eigenvalue weighted by atomic mass is 16.5. The number of esters is 2. The molecular weight excluding hydrogens is 354 g/mol. The van der Waals surface area contributed by atoms with Crippen LogP contribution in [0.4, 0.5) is 0 Å². The number of aromatic nitrogens is 2. The third-order valence-electron chi connectivity index (χ3n) is 3.85. The topological polar surface area (TPSA) is 109 Å². The highest BCUT2D eigenvalue weighted by Crippen LogP contribution is 2.24. The van der Waals surface area contributed by atoms with Crippen LogP contribution >= 0.6 is 0 Å². The Bertz CT molecular complexity index is 845. The summed E-state index contributed by atoms with van der Waals surface area (Å²) in [5.74, 6) is -1.20. The summed E-state index contributed by atoms with van der Waals surface area (Å²) in [6.45, 7) is 1.53. The first-order valence-electron chi connectivity index (χ1n) is 8.08. The Balaban J connectivity index is 2.18. The second-order valence-corrected chi connectivity index (χ2v) is 5.59. The molecule has 0 radical (unpaired) electrons. The molecule has 1 heterocycles. The smallest absolute Gasteiger partial charge is 0.358 e. The van der Waals surface area contributed by atoms with Crippen molar-refractivity contribution in [3.05, 3.63) is 47.3 Å². The highest BCUT2D eigenvalue weighted by Gasteiger charge is 2.22. The summed E-state index contributed by atoms with van der Waals surface area (Å²) < 4.78 is 15.6. The Morgan fingerprint density at radius 3 is 2.41 bits per heavy atom. The van der Waals surface area contributed by atoms with Gasteiger partial charge in [-0.25, -0.2) is 14.3 Å². The molecule has 1 amide bonds. The van der Waals surface area contributed by atoms with Gasteiger partial charge < -0.3 is 19.5 Å². The predicted octanol–water partition coefficient (Wildman–Crippen LogP) is 1.34. The van der Waals surface area contributed by atoms with Crippen molar-refractivity contribution >= 4 is 17.8 Å². The SMILES string of the molecule is COC(=O)c1cc(C(=O)OC)n(CC(=O)N[C@H](C)c2ccccc2OC)n1. The molecule has 0 bridgehead atoms. The average molecular weight is 375 g/mol. The van der Waals surface area contributed by atoms with Gasteiger partial charge in [-0.2, -0.15) is 5.10 Å². The van der Waals surface area contributed by atoms with Gasteiger partial charge in [-0.3, -0.25) is 4.79 Å². The van der Waals surface area contributed by atoms with Crippen LogP contribution in [0.15, 0.2) is 30.3 Å². The second-order valence-electron chi connectivity index (χ2n) is 5.59. The summed E-state index contributed by atoms with van der Waals surface area (Å²) in [5.41, 5.74) is 0.679. The lowest BCUT2D eigenvalue weighted by molar-refractivity contribution is -0.122. The van der Waals surface area contributed by atoms with E-state index >= 15 is 0 Å². The molecule has 2 aromatic rings. The van der Waals surface area contributed by atoms with Crippen molar-refractivity contribution in [2.24, 2.45) is 0 Å². The van der Waals surface area contributed by atoms with Crippen LogP contribution in [-0.2, 0) is 20.8 Å². The molecule has 0 aliphatic heterocycles. The van der Waals surface area contributed by atoms with Gasteiger partial charge in [0.25, 0.3) is 0 Å². The third-order valence-corrected chi connectivity index (χ3v) is 3.85. The van der Waals surface area contributed by atoms with Crippen LogP contribution in [0.3, 0.4) is 0 Å². The third kappa shape index (κ3) is 4.63. The van der Waals surface area contributed by atoms with Crippen LogP contribution in [0.5, 0.6) is 5.75 Å². The minimum absolute atomic E-state index is 0.0296. The number of ether oxygens (including phenoxy) is 3. The Morgan fingerprint density at radius 1 is 1.11 bits per heavy atom. The number of carbonyl (C=O) groups excluding carboxylic acids is 3. The van der Waals surface area contributed by atoms with Crippen molar-refractivity contribution in [3.8, 4) is 5.75 Å². The largest absolute Gasteiger partial charge is 0.496 e. The Morgan fingerprint density at radius 2 is 1.78 bits per heavy atom. The van der Waals surface area contributed by atoms with Gasteiger partial charge in [0.2, 0.25) is 5.91 Å². The van der Waals surface area contributed by atoms with E-state index < -0.39 is 17.8 Å². The van der Waals surface area contributed by atoms with Gasteiger partial charge in [0, 0.05) is 11.6 Å². The molecule has 2 rings (SSSR count). The van der Waals surface area contributed by atoms with Gasteiger partial charge in [-0.05, 0) is 13.0 Å². The summed E-state index contributed by atoms with van der Waals surface area (Å²) in [4.78, 5) is 36.0. The molecule has 144 valence electrons. The van der Waals surface area contributed by atoms with E-state index in [4.69, 9.17) is 4.74 Å². The fourth-order valence-electron chi connectivity index (χ4n) is 2.54. The fraction of sp³-hybridized carbons (Fsp3) is 0.333. The van der Waals surface area contributed by atoms with E-state index in [0.29, 0.717) is 5.75 Å². The molecule has 0 spiro atoms. The maximum atomic E-state index is 12.4. The van der Waals surface area contributed by atoms with Crippen LogP contribution < -0.4 is 10.1 Å². The molecular formula is C18H21N3O6. The Kier molecular flexibility index (Phi) is 6.53. The van der Waals surface area contributed by atoms with Gasteiger partial charge in [0.1, 0.15) is 18.0 Å². The first-order chi connectivity index (χ1) is 12.9. The molecule has 1 aromatic carbocycles. The molecule has 1 aromatic heterocycles. The summed E-state index contributed by atoms with van der Waals surface area (Å²) in [6.07, 6.45) is 0. The van der Waals surface area contributed by atoms with Gasteiger partial charge in [-0.1, -0.05) is 18.2 Å². The van der Waals surface area contributed by atoms with Crippen molar-refractivity contribution in [1.82, 2.24) is 15.1 Å². The highest BCUT2D eigenvalue weighted by molar-refractivity contribution is 5.93. The predicted molar refractivity (Wildman–Crippen MR) is 94.5 cm³/mol. The van der Waals surface area contributed by atoms with Crippen molar-refractivity contribution in [3.63, 3.8) is 0 Å². The molecule has 9 nitrogen and oxygen atoms in total. The number of benzene rings is 1. The van der Waals surface area contributed by atoms with E-state index in [1.165, 1.54) is 20.3 Å². The maximum Gasteiger partial charge on any atom is 0.358 e. The zero-order chi connectivity index (χ0) is 20.0. The minimum Gasteiger partial charge on any atom is -0.496 e. The first-order valence-corrected chi connectivity index (χ1v) is 8.08. The van der Waals surface area contributed by atoms with Gasteiger partial charge in [-0.15, -0.1) is 0 Å². The molecule has 1 atom stereocenters. The second kappa shape index (κ2) is 8.84. The zero-order valence-electron chi connectivity index (χ0n) is 15.5. The Labute approximate surface area is 156 Å². The molecule has 27 heavy (non-hydrogen) atoms. The first kappa shape index (κ1) is 20.0. The van der Waals surface area contributed by atoms with Crippen molar-refractivity contribution < 1.29 is 28.6 Å². The van der Waals surface area contributed by atoms with Crippen molar-refractivity contribution in [1.29, 1.82) is 0 Å². The normalized spacial score (nSPS) is 11.4. The number of hydrogen-bond acceptors (Lipinski definition) is 7. The minimum atomic E-state index is -0.721. The quantitative estimate of drug-likeness (QED) is 0.728. The molecule has 0 unspecified atom stereocenters. The monoisotopic (exact) mass is 375 g/mol. The number of carbonyl (C=O) groups is 3. The lowest BCUT2D eigenvalue weighted by Gasteiger charge is -2.17. The summed E-state index contributed by atoms with van der Waals surface area (Å²) in [7, 11) is 3.94. The summed E-state index contributed by atoms with van der Waals surface area (Å²) in [6, 6.07) is 8.18. The average Bonchev–Trinajstić information content (AvgIpc) is 3.10. The number of nitrogens with one attached hydrogen (secondary N) is 1. The van der Waals surface area contributed by atoms with Gasteiger partial charge in [0.05, 0.1) is 27.4 Å². The molecule has 0 aliphatic rings. The van der Waals surface area contributed by atoms with E-state index in [9.17, 15) is 14.4 Å². The summed E-state index contributed by atoms with van der Waals surface area (Å²) in [5, 5.41) is 6.77. The van der Waals surface area contributed by atoms with Gasteiger partial charge >= 0.3 is 11.9 Å². The van der Waals surface area contributed by atoms with Crippen molar-refractivity contribution in [2.75, 3.05) is 21.3 Å².